The topological polar surface area (TPSA) is 104 Å². The molecule has 0 spiro atoms. The summed E-state index contributed by atoms with van der Waals surface area (Å²) in [5, 5.41) is 12.5. The zero-order chi connectivity index (χ0) is 19.1. The van der Waals surface area contributed by atoms with Gasteiger partial charge in [0, 0.05) is 5.39 Å². The van der Waals surface area contributed by atoms with E-state index in [1.165, 1.54) is 30.3 Å². The summed E-state index contributed by atoms with van der Waals surface area (Å²) in [4.78, 5) is 53.6. The van der Waals surface area contributed by atoms with Crippen molar-refractivity contribution in [2.45, 2.75) is 0 Å². The van der Waals surface area contributed by atoms with Crippen LogP contribution in [0.25, 0.3) is 10.8 Å². The van der Waals surface area contributed by atoms with Crippen molar-refractivity contribution in [2.24, 2.45) is 0 Å². The molecule has 0 radical (unpaired) electrons. The normalized spacial score (nSPS) is 12.5. The van der Waals surface area contributed by atoms with Gasteiger partial charge in [-0.3, -0.25) is 9.59 Å². The molecule has 3 aromatic rings. The van der Waals surface area contributed by atoms with Gasteiger partial charge in [0.1, 0.15) is 0 Å². The first kappa shape index (κ1) is 19.8. The van der Waals surface area contributed by atoms with E-state index in [2.05, 4.69) is 0 Å². The molecule has 28 heavy (non-hydrogen) atoms. The molecule has 4 rings (SSSR count). The average Bonchev–Trinajstić information content (AvgIpc) is 2.69. The number of hydrogen-bond donors (Lipinski definition) is 0. The van der Waals surface area contributed by atoms with E-state index in [0.29, 0.717) is 10.4 Å². The van der Waals surface area contributed by atoms with Crippen molar-refractivity contribution in [3.05, 3.63) is 82.9 Å². The molecule has 0 aliphatic carbocycles. The molecule has 1 aliphatic rings. The van der Waals surface area contributed by atoms with E-state index in [0.717, 1.165) is 11.5 Å². The molecule has 0 bridgehead atoms. The number of carbonyl (C=O) groups excluding carboxylic acids is 4. The van der Waals surface area contributed by atoms with Crippen LogP contribution in [0.4, 0.5) is 0 Å². The number of hydroxylamine groups is 2. The van der Waals surface area contributed by atoms with E-state index in [4.69, 9.17) is 4.84 Å². The van der Waals surface area contributed by atoms with Gasteiger partial charge in [0.25, 0.3) is 11.8 Å². The van der Waals surface area contributed by atoms with Crippen molar-refractivity contribution >= 4 is 34.5 Å². The predicted molar refractivity (Wildman–Crippen MR) is 90.6 cm³/mol. The Labute approximate surface area is 180 Å². The number of carboxylic acids is 1. The second-order valence-electron chi connectivity index (χ2n) is 5.86. The largest absolute Gasteiger partial charge is 1.00 e. The van der Waals surface area contributed by atoms with Gasteiger partial charge in [-0.25, -0.2) is 4.79 Å². The van der Waals surface area contributed by atoms with Crippen LogP contribution in [0.3, 0.4) is 0 Å². The minimum atomic E-state index is -1.46. The van der Waals surface area contributed by atoms with Gasteiger partial charge < -0.3 is 14.7 Å². The molecule has 1 aliphatic heterocycles. The van der Waals surface area contributed by atoms with Gasteiger partial charge >= 0.3 is 35.5 Å². The number of rotatable bonds is 3. The Balaban J connectivity index is 0.00000225. The van der Waals surface area contributed by atoms with Gasteiger partial charge in [-0.15, -0.1) is 0 Å². The number of carboxylic acid groups (broad SMARTS) is 1. The maximum atomic E-state index is 12.7. The predicted octanol–water partition coefficient (Wildman–Crippen LogP) is -1.42. The summed E-state index contributed by atoms with van der Waals surface area (Å²) in [6, 6.07) is 14.9. The van der Waals surface area contributed by atoms with Gasteiger partial charge in [-0.2, -0.15) is 0 Å². The van der Waals surface area contributed by atoms with Gasteiger partial charge in [-0.05, 0) is 35.2 Å². The zero-order valence-corrected chi connectivity index (χ0v) is 16.7. The number of hydrogen-bond acceptors (Lipinski definition) is 6. The van der Waals surface area contributed by atoms with Gasteiger partial charge in [0.05, 0.1) is 22.7 Å². The van der Waals surface area contributed by atoms with E-state index in [-0.39, 0.29) is 51.8 Å². The van der Waals surface area contributed by atoms with Gasteiger partial charge in [0.2, 0.25) is 0 Å². The third-order valence-corrected chi connectivity index (χ3v) is 4.24. The van der Waals surface area contributed by atoms with E-state index >= 15 is 0 Å². The van der Waals surface area contributed by atoms with Crippen molar-refractivity contribution in [3.63, 3.8) is 0 Å². The molecule has 0 saturated carbocycles. The molecule has 1 heterocycles. The Kier molecular flexibility index (Phi) is 5.33. The smallest absolute Gasteiger partial charge is 0.545 e. The average molecular weight is 383 g/mol. The molecule has 3 aromatic carbocycles. The molecule has 132 valence electrons. The maximum Gasteiger partial charge on any atom is 1.00 e. The van der Waals surface area contributed by atoms with E-state index in [9.17, 15) is 24.3 Å². The van der Waals surface area contributed by atoms with Gasteiger partial charge in [0.15, 0.2) is 0 Å². The standard InChI is InChI=1S/C20H11NO6.Na/c22-17-14-8-2-4-11-5-3-9-15(16(11)14)18(23)21(17)27-20(26)13-7-1-6-12(10-13)19(24)25;/h1-10H,(H,24,25);/q;+1/p-1. The van der Waals surface area contributed by atoms with Crippen LogP contribution in [0.1, 0.15) is 41.4 Å². The minimum Gasteiger partial charge on any atom is -0.545 e. The first-order chi connectivity index (χ1) is 13.0. The maximum absolute atomic E-state index is 12.7. The van der Waals surface area contributed by atoms with Crippen molar-refractivity contribution in [1.29, 1.82) is 0 Å². The Bertz CT molecular complexity index is 1110. The van der Waals surface area contributed by atoms with Crippen molar-refractivity contribution in [1.82, 2.24) is 5.06 Å². The number of benzene rings is 3. The Morgan fingerprint density at radius 2 is 1.36 bits per heavy atom. The third-order valence-electron chi connectivity index (χ3n) is 4.24. The van der Waals surface area contributed by atoms with Crippen LogP contribution >= 0.6 is 0 Å². The molecule has 0 fully saturated rings. The van der Waals surface area contributed by atoms with Crippen LogP contribution in [0, 0.1) is 0 Å². The Hall–Kier alpha value is -3.00. The molecule has 7 nitrogen and oxygen atoms in total. The number of amides is 2. The van der Waals surface area contributed by atoms with E-state index < -0.39 is 23.8 Å². The fourth-order valence-electron chi connectivity index (χ4n) is 3.00. The van der Waals surface area contributed by atoms with E-state index in [1.807, 2.05) is 0 Å². The summed E-state index contributed by atoms with van der Waals surface area (Å²) in [5.74, 6) is -4.04. The zero-order valence-electron chi connectivity index (χ0n) is 14.7. The molecule has 8 heteroatoms. The van der Waals surface area contributed by atoms with Crippen molar-refractivity contribution in [3.8, 4) is 0 Å². The SMILES string of the molecule is O=C([O-])c1cccc(C(=O)ON2C(=O)c3cccc4cccc(c34)C2=O)c1.[Na+]. The molecule has 0 aromatic heterocycles. The van der Waals surface area contributed by atoms with Crippen LogP contribution < -0.4 is 34.7 Å². The number of aromatic carboxylic acids is 1. The van der Waals surface area contributed by atoms with Crippen LogP contribution in [0.5, 0.6) is 0 Å². The monoisotopic (exact) mass is 383 g/mol. The molecular formula is C20H10NNaO6. The molecule has 0 unspecified atom stereocenters. The molecule has 0 N–H and O–H groups in total. The third kappa shape index (κ3) is 3.20. The van der Waals surface area contributed by atoms with Gasteiger partial charge in [-0.1, -0.05) is 41.5 Å². The summed E-state index contributed by atoms with van der Waals surface area (Å²) in [6.07, 6.45) is 0. The summed E-state index contributed by atoms with van der Waals surface area (Å²) in [5.41, 5.74) is 0.114. The number of nitrogens with zero attached hydrogens (tertiary/aromatic N) is 1. The fourth-order valence-corrected chi connectivity index (χ4v) is 3.00. The van der Waals surface area contributed by atoms with Crippen LogP contribution in [-0.4, -0.2) is 28.8 Å². The van der Waals surface area contributed by atoms with Crippen LogP contribution in [-0.2, 0) is 4.84 Å². The summed E-state index contributed by atoms with van der Waals surface area (Å²) in [6.45, 7) is 0. The van der Waals surface area contributed by atoms with Crippen molar-refractivity contribution < 1.29 is 58.7 Å². The second-order valence-corrected chi connectivity index (χ2v) is 5.86. The number of imide groups is 1. The Morgan fingerprint density at radius 3 is 1.93 bits per heavy atom. The number of carbonyl (C=O) groups is 4. The summed E-state index contributed by atoms with van der Waals surface area (Å²) < 4.78 is 0. The molecule has 0 saturated heterocycles. The first-order valence-corrected chi connectivity index (χ1v) is 7.91. The molecule has 2 amide bonds. The summed E-state index contributed by atoms with van der Waals surface area (Å²) in [7, 11) is 0. The second kappa shape index (κ2) is 7.55. The molecular weight excluding hydrogens is 373 g/mol. The fraction of sp³-hybridized carbons (Fsp3) is 0. The van der Waals surface area contributed by atoms with Crippen molar-refractivity contribution in [2.75, 3.05) is 0 Å². The quantitative estimate of drug-likeness (QED) is 0.406. The minimum absolute atomic E-state index is 0. The van der Waals surface area contributed by atoms with Crippen LogP contribution in [0.2, 0.25) is 0 Å². The first-order valence-electron chi connectivity index (χ1n) is 7.91. The van der Waals surface area contributed by atoms with E-state index in [1.54, 1.807) is 24.3 Å². The molecule has 0 atom stereocenters. The Morgan fingerprint density at radius 1 is 0.821 bits per heavy atom. The van der Waals surface area contributed by atoms with Crippen LogP contribution in [0.15, 0.2) is 60.7 Å². The summed E-state index contributed by atoms with van der Waals surface area (Å²) >= 11 is 0.